The normalized spacial score (nSPS) is 27.5. The fourth-order valence-electron chi connectivity index (χ4n) is 1.74. The van der Waals surface area contributed by atoms with E-state index in [-0.39, 0.29) is 12.7 Å². The molecule has 0 aliphatic carbocycles. The molecule has 0 spiro atoms. The van der Waals surface area contributed by atoms with Gasteiger partial charge in [-0.3, -0.25) is 9.40 Å². The lowest BCUT2D eigenvalue weighted by atomic mass is 10.3. The van der Waals surface area contributed by atoms with Gasteiger partial charge in [-0.05, 0) is 13.8 Å². The van der Waals surface area contributed by atoms with E-state index in [2.05, 4.69) is 0 Å². The van der Waals surface area contributed by atoms with Gasteiger partial charge in [0.05, 0.1) is 19.8 Å². The molecule has 0 saturated carbocycles. The molecule has 96 valence electrons. The van der Waals surface area contributed by atoms with Crippen molar-refractivity contribution in [3.8, 4) is 0 Å². The van der Waals surface area contributed by atoms with Crippen LogP contribution < -0.4 is 0 Å². The Morgan fingerprint density at radius 2 is 2.00 bits per heavy atom. The van der Waals surface area contributed by atoms with E-state index in [9.17, 15) is 4.57 Å². The van der Waals surface area contributed by atoms with Crippen LogP contribution in [-0.2, 0) is 18.5 Å². The molecule has 1 aliphatic heterocycles. The van der Waals surface area contributed by atoms with Crippen molar-refractivity contribution in [1.29, 1.82) is 0 Å². The van der Waals surface area contributed by atoms with Crippen LogP contribution in [0.3, 0.4) is 0 Å². The quantitative estimate of drug-likeness (QED) is 0.717. The van der Waals surface area contributed by atoms with E-state index in [1.807, 2.05) is 0 Å². The fourth-order valence-corrected chi connectivity index (χ4v) is 3.82. The summed E-state index contributed by atoms with van der Waals surface area (Å²) in [6, 6.07) is 0. The van der Waals surface area contributed by atoms with E-state index >= 15 is 0 Å². The van der Waals surface area contributed by atoms with Crippen molar-refractivity contribution in [2.75, 3.05) is 26.9 Å². The van der Waals surface area contributed by atoms with Gasteiger partial charge >= 0.3 is 7.60 Å². The molecule has 0 bridgehead atoms. The number of rotatable bonds is 6. The van der Waals surface area contributed by atoms with Gasteiger partial charge < -0.3 is 14.2 Å². The van der Waals surface area contributed by atoms with Gasteiger partial charge in [0, 0.05) is 13.5 Å². The Labute approximate surface area is 96.0 Å². The van der Waals surface area contributed by atoms with Crippen molar-refractivity contribution in [2.24, 2.45) is 0 Å². The third-order valence-electron chi connectivity index (χ3n) is 2.40. The standard InChI is InChI=1S/C9H20NO5P/c1-4-13-16(12,14-5-2)9-6-8(7-11)15-10(9)3/h8-9,11H,4-7H2,1-3H3/t8-,9-/m0/s1. The summed E-state index contributed by atoms with van der Waals surface area (Å²) in [4.78, 5) is 5.31. The summed E-state index contributed by atoms with van der Waals surface area (Å²) in [6.45, 7) is 4.09. The van der Waals surface area contributed by atoms with Crippen molar-refractivity contribution in [1.82, 2.24) is 5.06 Å². The summed E-state index contributed by atoms with van der Waals surface area (Å²) in [5.41, 5.74) is 0. The first kappa shape index (κ1) is 14.1. The molecule has 0 aromatic carbocycles. The highest BCUT2D eigenvalue weighted by Crippen LogP contribution is 2.57. The molecule has 1 rings (SSSR count). The molecule has 6 nitrogen and oxygen atoms in total. The van der Waals surface area contributed by atoms with E-state index in [4.69, 9.17) is 19.0 Å². The molecular formula is C9H20NO5P. The maximum Gasteiger partial charge on any atom is 0.350 e. The van der Waals surface area contributed by atoms with Crippen molar-refractivity contribution < 1.29 is 23.6 Å². The van der Waals surface area contributed by atoms with E-state index in [1.165, 1.54) is 5.06 Å². The van der Waals surface area contributed by atoms with Crippen LogP contribution in [0.1, 0.15) is 20.3 Å². The van der Waals surface area contributed by atoms with Crippen LogP contribution in [0.4, 0.5) is 0 Å². The molecular weight excluding hydrogens is 233 g/mol. The van der Waals surface area contributed by atoms with E-state index in [0.717, 1.165) is 0 Å². The average molecular weight is 253 g/mol. The molecule has 16 heavy (non-hydrogen) atoms. The largest absolute Gasteiger partial charge is 0.394 e. The zero-order valence-electron chi connectivity index (χ0n) is 9.96. The van der Waals surface area contributed by atoms with Gasteiger partial charge in [-0.25, -0.2) is 0 Å². The van der Waals surface area contributed by atoms with Crippen molar-refractivity contribution in [3.63, 3.8) is 0 Å². The minimum absolute atomic E-state index is 0.0981. The lowest BCUT2D eigenvalue weighted by molar-refractivity contribution is -0.145. The number of aliphatic hydroxyl groups is 1. The van der Waals surface area contributed by atoms with Gasteiger partial charge in [0.2, 0.25) is 0 Å². The van der Waals surface area contributed by atoms with Crippen molar-refractivity contribution in [3.05, 3.63) is 0 Å². The highest BCUT2D eigenvalue weighted by Gasteiger charge is 2.45. The average Bonchev–Trinajstić information content (AvgIpc) is 2.61. The Morgan fingerprint density at radius 1 is 1.44 bits per heavy atom. The molecule has 2 atom stereocenters. The topological polar surface area (TPSA) is 68.2 Å². The van der Waals surface area contributed by atoms with Gasteiger partial charge in [0.25, 0.3) is 0 Å². The third-order valence-corrected chi connectivity index (χ3v) is 4.90. The number of aliphatic hydroxyl groups excluding tert-OH is 1. The van der Waals surface area contributed by atoms with Gasteiger partial charge in [0.1, 0.15) is 11.9 Å². The zero-order valence-corrected chi connectivity index (χ0v) is 10.9. The van der Waals surface area contributed by atoms with Crippen LogP contribution in [0.15, 0.2) is 0 Å². The summed E-state index contributed by atoms with van der Waals surface area (Å²) >= 11 is 0. The SMILES string of the molecule is CCOP(=O)(OCC)[C@H]1C[C@@H](CO)ON1C. The number of hydroxylamine groups is 2. The lowest BCUT2D eigenvalue weighted by Gasteiger charge is -2.25. The second kappa shape index (κ2) is 6.10. The Hall–Kier alpha value is 0.0300. The maximum atomic E-state index is 12.4. The monoisotopic (exact) mass is 253 g/mol. The smallest absolute Gasteiger partial charge is 0.350 e. The molecule has 7 heteroatoms. The Kier molecular flexibility index (Phi) is 5.37. The Bertz CT molecular complexity index is 252. The van der Waals surface area contributed by atoms with Gasteiger partial charge in [-0.2, -0.15) is 5.06 Å². The van der Waals surface area contributed by atoms with Crippen molar-refractivity contribution in [2.45, 2.75) is 32.2 Å². The van der Waals surface area contributed by atoms with Gasteiger partial charge in [0.15, 0.2) is 0 Å². The lowest BCUT2D eigenvalue weighted by Crippen LogP contribution is -2.25. The molecule has 1 fully saturated rings. The van der Waals surface area contributed by atoms with Gasteiger partial charge in [-0.15, -0.1) is 0 Å². The summed E-state index contributed by atoms with van der Waals surface area (Å²) in [5, 5.41) is 10.5. The predicted molar refractivity (Wildman–Crippen MR) is 59.0 cm³/mol. The second-order valence-electron chi connectivity index (χ2n) is 3.55. The molecule has 0 amide bonds. The molecule has 0 aromatic heterocycles. The number of hydrogen-bond acceptors (Lipinski definition) is 6. The van der Waals surface area contributed by atoms with Crippen LogP contribution in [0.25, 0.3) is 0 Å². The molecule has 1 N–H and O–H groups in total. The van der Waals surface area contributed by atoms with E-state index < -0.39 is 13.4 Å². The third kappa shape index (κ3) is 3.03. The molecule has 1 aliphatic rings. The molecule has 0 aromatic rings. The summed E-state index contributed by atoms with van der Waals surface area (Å²) in [6.07, 6.45) is 0.119. The predicted octanol–water partition coefficient (Wildman–Crippen LogP) is 1.21. The second-order valence-corrected chi connectivity index (χ2v) is 5.74. The molecule has 0 radical (unpaired) electrons. The Morgan fingerprint density at radius 3 is 2.38 bits per heavy atom. The first-order chi connectivity index (χ1) is 7.57. The number of hydrogen-bond donors (Lipinski definition) is 1. The van der Waals surface area contributed by atoms with Gasteiger partial charge in [-0.1, -0.05) is 0 Å². The highest BCUT2D eigenvalue weighted by atomic mass is 31.2. The summed E-state index contributed by atoms with van der Waals surface area (Å²) in [7, 11) is -1.51. The minimum Gasteiger partial charge on any atom is -0.394 e. The molecule has 1 heterocycles. The van der Waals surface area contributed by atoms with Crippen LogP contribution in [0.2, 0.25) is 0 Å². The summed E-state index contributed by atoms with van der Waals surface area (Å²) < 4.78 is 22.9. The van der Waals surface area contributed by atoms with Crippen LogP contribution in [0, 0.1) is 0 Å². The molecule has 1 saturated heterocycles. The highest BCUT2D eigenvalue weighted by molar-refractivity contribution is 7.54. The number of nitrogens with zero attached hydrogens (tertiary/aromatic N) is 1. The zero-order chi connectivity index (χ0) is 12.2. The fraction of sp³-hybridized carbons (Fsp3) is 1.00. The Balaban J connectivity index is 2.75. The first-order valence-electron chi connectivity index (χ1n) is 5.46. The van der Waals surface area contributed by atoms with Crippen molar-refractivity contribution >= 4 is 7.60 Å². The summed E-state index contributed by atoms with van der Waals surface area (Å²) in [5.74, 6) is -0.440. The first-order valence-corrected chi connectivity index (χ1v) is 7.07. The van der Waals surface area contributed by atoms with E-state index in [0.29, 0.717) is 19.6 Å². The van der Waals surface area contributed by atoms with Crippen LogP contribution in [0.5, 0.6) is 0 Å². The molecule has 0 unspecified atom stereocenters. The van der Waals surface area contributed by atoms with Crippen LogP contribution in [-0.4, -0.2) is 48.9 Å². The minimum atomic E-state index is -3.18. The van der Waals surface area contributed by atoms with E-state index in [1.54, 1.807) is 20.9 Å². The maximum absolute atomic E-state index is 12.4. The van der Waals surface area contributed by atoms with Crippen LogP contribution >= 0.6 is 7.60 Å².